The van der Waals surface area contributed by atoms with Gasteiger partial charge in [0.2, 0.25) is 5.91 Å². The minimum absolute atomic E-state index is 0.182. The van der Waals surface area contributed by atoms with E-state index in [-0.39, 0.29) is 18.1 Å². The Morgan fingerprint density at radius 3 is 2.68 bits per heavy atom. The van der Waals surface area contributed by atoms with Crippen molar-refractivity contribution in [2.45, 2.75) is 31.4 Å². The van der Waals surface area contributed by atoms with Crippen LogP contribution in [0.2, 0.25) is 0 Å². The van der Waals surface area contributed by atoms with E-state index in [0.717, 1.165) is 45.4 Å². The van der Waals surface area contributed by atoms with E-state index in [1.807, 2.05) is 4.90 Å². The van der Waals surface area contributed by atoms with Crippen molar-refractivity contribution in [3.63, 3.8) is 0 Å². The Morgan fingerprint density at radius 2 is 2.00 bits per heavy atom. The van der Waals surface area contributed by atoms with E-state index in [1.165, 1.54) is 0 Å². The molecule has 0 aromatic heterocycles. The first-order chi connectivity index (χ1) is 9.19. The molecule has 0 aromatic carbocycles. The van der Waals surface area contributed by atoms with Crippen molar-refractivity contribution in [3.05, 3.63) is 0 Å². The largest absolute Gasteiger partial charge is 0.376 e. The molecule has 2 fully saturated rings. The number of amides is 1. The van der Waals surface area contributed by atoms with E-state index in [9.17, 15) is 4.79 Å². The molecule has 2 aliphatic rings. The number of hydrogen-bond acceptors (Lipinski definition) is 5. The second kappa shape index (κ2) is 7.19. The number of nitrogens with zero attached hydrogens (tertiary/aromatic N) is 2. The van der Waals surface area contributed by atoms with Crippen LogP contribution in [0.5, 0.6) is 0 Å². The van der Waals surface area contributed by atoms with Gasteiger partial charge in [0.25, 0.3) is 0 Å². The van der Waals surface area contributed by atoms with Crippen molar-refractivity contribution < 1.29 is 9.53 Å². The van der Waals surface area contributed by atoms with Crippen LogP contribution in [0.4, 0.5) is 0 Å². The third-order valence-electron chi connectivity index (χ3n) is 3.96. The molecule has 0 saturated carbocycles. The van der Waals surface area contributed by atoms with E-state index in [4.69, 9.17) is 16.2 Å². The number of ether oxygens (including phenoxy) is 1. The summed E-state index contributed by atoms with van der Waals surface area (Å²) in [5.74, 6) is 0.222. The summed E-state index contributed by atoms with van der Waals surface area (Å²) in [4.78, 5) is 16.3. The smallest absolute Gasteiger partial charge is 0.236 e. The first-order valence-electron chi connectivity index (χ1n) is 7.26. The first-order valence-corrected chi connectivity index (χ1v) is 7.26. The molecule has 0 aromatic rings. The molecule has 1 atom stereocenters. The van der Waals surface area contributed by atoms with Crippen molar-refractivity contribution in [1.29, 1.82) is 0 Å². The molecular weight excluding hydrogens is 244 g/mol. The van der Waals surface area contributed by atoms with Gasteiger partial charge in [0.15, 0.2) is 0 Å². The lowest BCUT2D eigenvalue weighted by atomic mass is 10.1. The van der Waals surface area contributed by atoms with Crippen LogP contribution in [0.1, 0.15) is 19.3 Å². The Labute approximate surface area is 115 Å². The fraction of sp³-hybridized carbons (Fsp3) is 0.923. The normalized spacial score (nSPS) is 26.6. The molecule has 1 amide bonds. The maximum absolute atomic E-state index is 12.2. The summed E-state index contributed by atoms with van der Waals surface area (Å²) in [6.45, 7) is 5.09. The molecule has 6 nitrogen and oxygen atoms in total. The van der Waals surface area contributed by atoms with Gasteiger partial charge < -0.3 is 21.1 Å². The number of nitrogens with two attached hydrogens (primary N) is 2. The second-order valence-corrected chi connectivity index (χ2v) is 5.52. The summed E-state index contributed by atoms with van der Waals surface area (Å²) < 4.78 is 5.63. The molecule has 0 bridgehead atoms. The van der Waals surface area contributed by atoms with Gasteiger partial charge in [0.05, 0.1) is 19.3 Å². The highest BCUT2D eigenvalue weighted by atomic mass is 16.5. The fourth-order valence-corrected chi connectivity index (χ4v) is 2.72. The molecule has 1 unspecified atom stereocenters. The SMILES string of the molecule is NCCC1CN(CC(=O)N2CCC(N)CC2)CCO1. The van der Waals surface area contributed by atoms with Gasteiger partial charge in [0.1, 0.15) is 0 Å². The topological polar surface area (TPSA) is 84.8 Å². The van der Waals surface area contributed by atoms with Crippen molar-refractivity contribution in [3.8, 4) is 0 Å². The number of piperidine rings is 1. The van der Waals surface area contributed by atoms with E-state index in [1.54, 1.807) is 0 Å². The van der Waals surface area contributed by atoms with Gasteiger partial charge in [-0.3, -0.25) is 9.69 Å². The summed E-state index contributed by atoms with van der Waals surface area (Å²) in [7, 11) is 0. The van der Waals surface area contributed by atoms with E-state index in [0.29, 0.717) is 19.7 Å². The third kappa shape index (κ3) is 4.42. The van der Waals surface area contributed by atoms with Crippen LogP contribution < -0.4 is 11.5 Å². The maximum Gasteiger partial charge on any atom is 0.236 e. The summed E-state index contributed by atoms with van der Waals surface area (Å²) in [5, 5.41) is 0. The van der Waals surface area contributed by atoms with Gasteiger partial charge >= 0.3 is 0 Å². The lowest BCUT2D eigenvalue weighted by Crippen LogP contribution is -2.50. The fourth-order valence-electron chi connectivity index (χ4n) is 2.72. The number of hydrogen-bond donors (Lipinski definition) is 2. The van der Waals surface area contributed by atoms with Crippen LogP contribution in [-0.4, -0.2) is 73.7 Å². The zero-order valence-electron chi connectivity index (χ0n) is 11.6. The predicted molar refractivity (Wildman–Crippen MR) is 73.6 cm³/mol. The Balaban J connectivity index is 1.75. The van der Waals surface area contributed by atoms with Gasteiger partial charge in [-0.2, -0.15) is 0 Å². The molecule has 4 N–H and O–H groups in total. The van der Waals surface area contributed by atoms with Crippen LogP contribution in [0.15, 0.2) is 0 Å². The molecule has 19 heavy (non-hydrogen) atoms. The Morgan fingerprint density at radius 1 is 1.26 bits per heavy atom. The zero-order valence-corrected chi connectivity index (χ0v) is 11.6. The van der Waals surface area contributed by atoms with Crippen LogP contribution >= 0.6 is 0 Å². The highest BCUT2D eigenvalue weighted by Crippen LogP contribution is 2.11. The maximum atomic E-state index is 12.2. The molecule has 0 spiro atoms. The summed E-state index contributed by atoms with van der Waals surface area (Å²) in [6, 6.07) is 0.265. The minimum atomic E-state index is 0.182. The van der Waals surface area contributed by atoms with Gasteiger partial charge in [0, 0.05) is 32.2 Å². The lowest BCUT2D eigenvalue weighted by Gasteiger charge is -2.35. The van der Waals surface area contributed by atoms with E-state index in [2.05, 4.69) is 4.90 Å². The molecule has 2 aliphatic heterocycles. The quantitative estimate of drug-likeness (QED) is 0.683. The Bertz CT molecular complexity index is 290. The van der Waals surface area contributed by atoms with Crippen LogP contribution in [-0.2, 0) is 9.53 Å². The van der Waals surface area contributed by atoms with Gasteiger partial charge in [-0.05, 0) is 25.8 Å². The van der Waals surface area contributed by atoms with E-state index >= 15 is 0 Å². The van der Waals surface area contributed by atoms with Crippen molar-refractivity contribution >= 4 is 5.91 Å². The highest BCUT2D eigenvalue weighted by molar-refractivity contribution is 5.78. The Hall–Kier alpha value is -0.690. The van der Waals surface area contributed by atoms with Crippen LogP contribution in [0.3, 0.4) is 0 Å². The van der Waals surface area contributed by atoms with Crippen molar-refractivity contribution in [1.82, 2.24) is 9.80 Å². The zero-order chi connectivity index (χ0) is 13.7. The third-order valence-corrected chi connectivity index (χ3v) is 3.96. The minimum Gasteiger partial charge on any atom is -0.376 e. The molecule has 110 valence electrons. The van der Waals surface area contributed by atoms with Crippen LogP contribution in [0.25, 0.3) is 0 Å². The number of morpholine rings is 1. The Kier molecular flexibility index (Phi) is 5.57. The lowest BCUT2D eigenvalue weighted by molar-refractivity contribution is -0.135. The molecule has 0 aliphatic carbocycles. The number of likely N-dealkylation sites (tertiary alicyclic amines) is 1. The van der Waals surface area contributed by atoms with Gasteiger partial charge in [-0.25, -0.2) is 0 Å². The predicted octanol–water partition coefficient (Wildman–Crippen LogP) is -1.01. The molecule has 2 saturated heterocycles. The second-order valence-electron chi connectivity index (χ2n) is 5.52. The van der Waals surface area contributed by atoms with E-state index < -0.39 is 0 Å². The standard InChI is InChI=1S/C13H26N4O2/c14-4-1-12-9-16(7-8-19-12)10-13(18)17-5-2-11(15)3-6-17/h11-12H,1-10,14-15H2. The molecule has 0 radical (unpaired) electrons. The molecule has 2 rings (SSSR count). The van der Waals surface area contributed by atoms with Crippen molar-refractivity contribution in [2.75, 3.05) is 45.9 Å². The summed E-state index contributed by atoms with van der Waals surface area (Å²) in [6.07, 6.45) is 2.89. The first kappa shape index (κ1) is 14.7. The monoisotopic (exact) mass is 270 g/mol. The summed E-state index contributed by atoms with van der Waals surface area (Å²) in [5.41, 5.74) is 11.4. The number of carbonyl (C=O) groups excluding carboxylic acids is 1. The molecule has 6 heteroatoms. The van der Waals surface area contributed by atoms with Crippen molar-refractivity contribution in [2.24, 2.45) is 11.5 Å². The highest BCUT2D eigenvalue weighted by Gasteiger charge is 2.25. The molecule has 2 heterocycles. The van der Waals surface area contributed by atoms with Gasteiger partial charge in [-0.1, -0.05) is 0 Å². The number of carbonyl (C=O) groups is 1. The number of rotatable bonds is 4. The van der Waals surface area contributed by atoms with Crippen LogP contribution in [0, 0.1) is 0 Å². The summed E-state index contributed by atoms with van der Waals surface area (Å²) >= 11 is 0. The average molecular weight is 270 g/mol. The van der Waals surface area contributed by atoms with Gasteiger partial charge in [-0.15, -0.1) is 0 Å². The molecular formula is C13H26N4O2. The average Bonchev–Trinajstić information content (AvgIpc) is 2.40.